The van der Waals surface area contributed by atoms with Crippen molar-refractivity contribution in [2.45, 2.75) is 19.9 Å². The number of carbonyl (C=O) groups excluding carboxylic acids is 1. The Morgan fingerprint density at radius 3 is 2.72 bits per heavy atom. The summed E-state index contributed by atoms with van der Waals surface area (Å²) in [4.78, 5) is 22.2. The molecule has 1 aromatic heterocycles. The number of carboxylic acids is 1. The topological polar surface area (TPSA) is 96.3 Å². The molecule has 7 heteroatoms. The van der Waals surface area contributed by atoms with Crippen LogP contribution in [0.3, 0.4) is 0 Å². The summed E-state index contributed by atoms with van der Waals surface area (Å²) in [6.07, 6.45) is 2.27. The quantitative estimate of drug-likeness (QED) is 0.681. The van der Waals surface area contributed by atoms with Crippen molar-refractivity contribution >= 4 is 12.0 Å². The zero-order chi connectivity index (χ0) is 13.5. The third-order valence-electron chi connectivity index (χ3n) is 2.55. The monoisotopic (exact) mass is 254 g/mol. The van der Waals surface area contributed by atoms with Crippen molar-refractivity contribution in [2.75, 3.05) is 6.54 Å². The summed E-state index contributed by atoms with van der Waals surface area (Å²) in [6.45, 7) is 2.21. The number of aromatic nitrogens is 2. The molecule has 100 valence electrons. The van der Waals surface area contributed by atoms with Gasteiger partial charge in [-0.1, -0.05) is 6.92 Å². The van der Waals surface area contributed by atoms with Gasteiger partial charge in [0.1, 0.15) is 0 Å². The highest BCUT2D eigenvalue weighted by atomic mass is 16.4. The second-order valence-electron chi connectivity index (χ2n) is 3.99. The van der Waals surface area contributed by atoms with E-state index >= 15 is 0 Å². The van der Waals surface area contributed by atoms with Crippen molar-refractivity contribution in [1.29, 1.82) is 0 Å². The normalized spacial score (nSPS) is 11.9. The maximum atomic E-state index is 11.4. The number of nitrogens with one attached hydrogen (secondary N) is 2. The standard InChI is InChI=1S/C11H18N4O3/c1-3-8(10(16)17)6-12-11(18)13-7-9-4-5-15(2)14-9/h4-5,8H,3,6-7H2,1-2H3,(H,16,17)(H2,12,13,18). The van der Waals surface area contributed by atoms with E-state index in [1.807, 2.05) is 0 Å². The Morgan fingerprint density at radius 1 is 1.50 bits per heavy atom. The van der Waals surface area contributed by atoms with Crippen LogP contribution in [0.2, 0.25) is 0 Å². The van der Waals surface area contributed by atoms with E-state index in [1.165, 1.54) is 0 Å². The Kier molecular flexibility index (Phi) is 5.16. The summed E-state index contributed by atoms with van der Waals surface area (Å²) in [5, 5.41) is 18.1. The molecule has 7 nitrogen and oxygen atoms in total. The first-order valence-electron chi connectivity index (χ1n) is 5.76. The van der Waals surface area contributed by atoms with Crippen LogP contribution in [0.25, 0.3) is 0 Å². The molecule has 0 bridgehead atoms. The molecule has 1 aromatic rings. The molecular weight excluding hydrogens is 236 g/mol. The van der Waals surface area contributed by atoms with Gasteiger partial charge in [0.15, 0.2) is 0 Å². The average molecular weight is 254 g/mol. The molecule has 1 heterocycles. The largest absolute Gasteiger partial charge is 0.481 e. The maximum Gasteiger partial charge on any atom is 0.315 e. The number of hydrogen-bond acceptors (Lipinski definition) is 3. The van der Waals surface area contributed by atoms with Crippen molar-refractivity contribution < 1.29 is 14.7 Å². The maximum absolute atomic E-state index is 11.4. The number of hydrogen-bond donors (Lipinski definition) is 3. The Bertz CT molecular complexity index is 416. The van der Waals surface area contributed by atoms with Crippen molar-refractivity contribution in [3.8, 4) is 0 Å². The summed E-state index contributed by atoms with van der Waals surface area (Å²) in [7, 11) is 1.79. The predicted molar refractivity (Wildman–Crippen MR) is 64.9 cm³/mol. The number of aryl methyl sites for hydroxylation is 1. The van der Waals surface area contributed by atoms with E-state index < -0.39 is 11.9 Å². The Balaban J connectivity index is 2.27. The number of carboxylic acid groups (broad SMARTS) is 1. The molecule has 0 aliphatic heterocycles. The van der Waals surface area contributed by atoms with Crippen LogP contribution in [0.5, 0.6) is 0 Å². The molecule has 1 unspecified atom stereocenters. The second-order valence-corrected chi connectivity index (χ2v) is 3.99. The molecule has 0 aliphatic carbocycles. The number of aliphatic carboxylic acids is 1. The van der Waals surface area contributed by atoms with Gasteiger partial charge in [-0.3, -0.25) is 9.48 Å². The van der Waals surface area contributed by atoms with E-state index in [1.54, 1.807) is 30.9 Å². The van der Waals surface area contributed by atoms with Crippen molar-refractivity contribution in [3.05, 3.63) is 18.0 Å². The summed E-state index contributed by atoms with van der Waals surface area (Å²) in [5.41, 5.74) is 0.748. The minimum Gasteiger partial charge on any atom is -0.481 e. The van der Waals surface area contributed by atoms with Crippen molar-refractivity contribution in [2.24, 2.45) is 13.0 Å². The number of nitrogens with zero attached hydrogens (tertiary/aromatic N) is 2. The Labute approximate surface area is 105 Å². The van der Waals surface area contributed by atoms with Crippen LogP contribution in [-0.2, 0) is 18.4 Å². The molecule has 1 atom stereocenters. The van der Waals surface area contributed by atoms with Crippen LogP contribution >= 0.6 is 0 Å². The van der Waals surface area contributed by atoms with Crippen LogP contribution in [0.4, 0.5) is 4.79 Å². The van der Waals surface area contributed by atoms with E-state index in [2.05, 4.69) is 15.7 Å². The molecule has 0 aliphatic rings. The lowest BCUT2D eigenvalue weighted by Crippen LogP contribution is -2.39. The van der Waals surface area contributed by atoms with E-state index in [0.29, 0.717) is 13.0 Å². The lowest BCUT2D eigenvalue weighted by molar-refractivity contribution is -0.141. The van der Waals surface area contributed by atoms with E-state index in [0.717, 1.165) is 5.69 Å². The second kappa shape index (κ2) is 6.63. The smallest absolute Gasteiger partial charge is 0.315 e. The first kappa shape index (κ1) is 14.0. The van der Waals surface area contributed by atoms with Crippen molar-refractivity contribution in [3.63, 3.8) is 0 Å². The molecule has 0 aromatic carbocycles. The minimum absolute atomic E-state index is 0.125. The van der Waals surface area contributed by atoms with Gasteiger partial charge in [-0.05, 0) is 12.5 Å². The molecule has 0 spiro atoms. The van der Waals surface area contributed by atoms with Crippen LogP contribution in [0.1, 0.15) is 19.0 Å². The van der Waals surface area contributed by atoms with E-state index in [4.69, 9.17) is 5.11 Å². The van der Waals surface area contributed by atoms with Gasteiger partial charge in [-0.2, -0.15) is 5.10 Å². The highest BCUT2D eigenvalue weighted by molar-refractivity contribution is 5.75. The fourth-order valence-corrected chi connectivity index (χ4v) is 1.41. The van der Waals surface area contributed by atoms with Crippen LogP contribution < -0.4 is 10.6 Å². The predicted octanol–water partition coefficient (Wildman–Crippen LogP) is 0.330. The highest BCUT2D eigenvalue weighted by Gasteiger charge is 2.15. The summed E-state index contributed by atoms with van der Waals surface area (Å²) in [5.74, 6) is -1.45. The highest BCUT2D eigenvalue weighted by Crippen LogP contribution is 2.00. The third kappa shape index (κ3) is 4.44. The van der Waals surface area contributed by atoms with E-state index in [9.17, 15) is 9.59 Å². The van der Waals surface area contributed by atoms with Crippen LogP contribution in [0, 0.1) is 5.92 Å². The van der Waals surface area contributed by atoms with Crippen molar-refractivity contribution in [1.82, 2.24) is 20.4 Å². The Morgan fingerprint density at radius 2 is 2.22 bits per heavy atom. The molecule has 0 fully saturated rings. The average Bonchev–Trinajstić information content (AvgIpc) is 2.73. The lowest BCUT2D eigenvalue weighted by atomic mass is 10.1. The molecule has 18 heavy (non-hydrogen) atoms. The zero-order valence-corrected chi connectivity index (χ0v) is 10.5. The SMILES string of the molecule is CCC(CNC(=O)NCc1ccn(C)n1)C(=O)O. The lowest BCUT2D eigenvalue weighted by Gasteiger charge is -2.11. The van der Waals surface area contributed by atoms with Gasteiger partial charge >= 0.3 is 12.0 Å². The van der Waals surface area contributed by atoms with Crippen LogP contribution in [0.15, 0.2) is 12.3 Å². The minimum atomic E-state index is -0.900. The first-order valence-corrected chi connectivity index (χ1v) is 5.76. The molecule has 3 N–H and O–H groups in total. The molecular formula is C11H18N4O3. The third-order valence-corrected chi connectivity index (χ3v) is 2.55. The molecule has 0 saturated heterocycles. The van der Waals surface area contributed by atoms with Gasteiger partial charge in [0.05, 0.1) is 18.2 Å². The number of rotatable bonds is 6. The van der Waals surface area contributed by atoms with Gasteiger partial charge < -0.3 is 15.7 Å². The first-order chi connectivity index (χ1) is 8.52. The summed E-state index contributed by atoms with van der Waals surface area (Å²) >= 11 is 0. The van der Waals surface area contributed by atoms with E-state index in [-0.39, 0.29) is 12.6 Å². The summed E-state index contributed by atoms with van der Waals surface area (Å²) < 4.78 is 1.65. The molecule has 0 radical (unpaired) electrons. The number of amides is 2. The molecule has 2 amide bonds. The number of carbonyl (C=O) groups is 2. The van der Waals surface area contributed by atoms with Gasteiger partial charge in [0.2, 0.25) is 0 Å². The number of urea groups is 1. The molecule has 1 rings (SSSR count). The van der Waals surface area contributed by atoms with Gasteiger partial charge in [0, 0.05) is 19.8 Å². The van der Waals surface area contributed by atoms with Gasteiger partial charge in [-0.15, -0.1) is 0 Å². The van der Waals surface area contributed by atoms with Gasteiger partial charge in [0.25, 0.3) is 0 Å². The fraction of sp³-hybridized carbons (Fsp3) is 0.545. The Hall–Kier alpha value is -2.05. The summed E-state index contributed by atoms with van der Waals surface area (Å²) in [6, 6.07) is 1.41. The van der Waals surface area contributed by atoms with Crippen LogP contribution in [-0.4, -0.2) is 33.4 Å². The van der Waals surface area contributed by atoms with Gasteiger partial charge in [-0.25, -0.2) is 4.79 Å². The molecule has 0 saturated carbocycles. The fourth-order valence-electron chi connectivity index (χ4n) is 1.41. The zero-order valence-electron chi connectivity index (χ0n) is 10.5.